The summed E-state index contributed by atoms with van der Waals surface area (Å²) in [5.41, 5.74) is -1.58. The molecule has 1 rings (SSSR count). The summed E-state index contributed by atoms with van der Waals surface area (Å²) in [6.07, 6.45) is -5.81. The van der Waals surface area contributed by atoms with Gasteiger partial charge in [0.15, 0.2) is 11.6 Å². The normalized spacial score (nSPS) is 12.7. The number of rotatable bonds is 2. The van der Waals surface area contributed by atoms with Gasteiger partial charge in [0.1, 0.15) is 0 Å². The molecule has 0 atom stereocenters. The highest BCUT2D eigenvalue weighted by molar-refractivity contribution is 5.42. The number of aryl methyl sites for hydroxylation is 1. The lowest BCUT2D eigenvalue weighted by Crippen LogP contribution is -2.34. The van der Waals surface area contributed by atoms with Gasteiger partial charge in [-0.25, -0.2) is 4.39 Å². The molecular weight excluding hydrogens is 250 g/mol. The van der Waals surface area contributed by atoms with Crippen molar-refractivity contribution in [2.45, 2.75) is 19.0 Å². The first kappa shape index (κ1) is 13.7. The number of alkyl halides is 5. The van der Waals surface area contributed by atoms with Gasteiger partial charge in [0.2, 0.25) is 0 Å². The van der Waals surface area contributed by atoms with E-state index >= 15 is 0 Å². The van der Waals surface area contributed by atoms with Crippen LogP contribution >= 0.6 is 0 Å². The maximum atomic E-state index is 13.2. The molecule has 17 heavy (non-hydrogen) atoms. The summed E-state index contributed by atoms with van der Waals surface area (Å²) in [6.45, 7) is 1.21. The third kappa shape index (κ3) is 2.32. The minimum atomic E-state index is -5.81. The second kappa shape index (κ2) is 4.12. The second-order valence-electron chi connectivity index (χ2n) is 3.40. The van der Waals surface area contributed by atoms with E-state index in [1.807, 2.05) is 0 Å². The van der Waals surface area contributed by atoms with Crippen molar-refractivity contribution in [2.75, 3.05) is 7.11 Å². The molecule has 0 amide bonds. The summed E-state index contributed by atoms with van der Waals surface area (Å²) in [6, 6.07) is 1.37. The van der Waals surface area contributed by atoms with E-state index in [0.29, 0.717) is 6.07 Å². The number of methoxy groups -OCH3 is 1. The van der Waals surface area contributed by atoms with Crippen LogP contribution in [0.4, 0.5) is 26.3 Å². The highest BCUT2D eigenvalue weighted by atomic mass is 19.4. The Morgan fingerprint density at radius 2 is 1.59 bits per heavy atom. The Bertz CT molecular complexity index is 424. The average molecular weight is 258 g/mol. The molecule has 0 aromatic heterocycles. The summed E-state index contributed by atoms with van der Waals surface area (Å²) >= 11 is 0. The average Bonchev–Trinajstić information content (AvgIpc) is 2.14. The molecule has 0 aliphatic heterocycles. The summed E-state index contributed by atoms with van der Waals surface area (Å²) in [7, 11) is 0.823. The predicted molar refractivity (Wildman–Crippen MR) is 47.6 cm³/mol. The molecule has 0 heterocycles. The van der Waals surface area contributed by atoms with Gasteiger partial charge in [-0.2, -0.15) is 22.0 Å². The van der Waals surface area contributed by atoms with E-state index in [2.05, 4.69) is 4.74 Å². The first-order chi connectivity index (χ1) is 7.61. The molecule has 0 unspecified atom stereocenters. The van der Waals surface area contributed by atoms with Gasteiger partial charge in [0.05, 0.1) is 12.7 Å². The number of hydrogen-bond donors (Lipinski definition) is 0. The maximum absolute atomic E-state index is 13.2. The molecule has 0 fully saturated rings. The molecule has 0 saturated carbocycles. The number of benzene rings is 1. The molecule has 0 N–H and O–H groups in total. The first-order valence-electron chi connectivity index (χ1n) is 4.40. The van der Waals surface area contributed by atoms with E-state index in [4.69, 9.17) is 0 Å². The Morgan fingerprint density at radius 3 is 2.00 bits per heavy atom. The fourth-order valence-electron chi connectivity index (χ4n) is 1.32. The lowest BCUT2D eigenvalue weighted by molar-refractivity contribution is -0.289. The van der Waals surface area contributed by atoms with Crippen molar-refractivity contribution in [3.63, 3.8) is 0 Å². The SMILES string of the molecule is COc1c(F)cc(C)cc1C(F)(F)C(F)(F)F. The van der Waals surface area contributed by atoms with Crippen LogP contribution in [0, 0.1) is 12.7 Å². The zero-order valence-electron chi connectivity index (χ0n) is 8.83. The van der Waals surface area contributed by atoms with Crippen LogP contribution in [-0.2, 0) is 5.92 Å². The zero-order chi connectivity index (χ0) is 13.4. The topological polar surface area (TPSA) is 9.23 Å². The first-order valence-corrected chi connectivity index (χ1v) is 4.40. The summed E-state index contributed by atoms with van der Waals surface area (Å²) < 4.78 is 80.2. The third-order valence-electron chi connectivity index (χ3n) is 2.09. The highest BCUT2D eigenvalue weighted by Gasteiger charge is 2.60. The minimum absolute atomic E-state index is 0.0535. The van der Waals surface area contributed by atoms with Gasteiger partial charge in [-0.3, -0.25) is 0 Å². The standard InChI is InChI=1S/C10H8F6O/c1-5-3-6(8(17-2)7(11)4-5)9(12,13)10(14,15)16/h3-4H,1-2H3. The van der Waals surface area contributed by atoms with Crippen LogP contribution in [0.5, 0.6) is 5.75 Å². The van der Waals surface area contributed by atoms with E-state index < -0.39 is 29.2 Å². The number of ether oxygens (including phenoxy) is 1. The van der Waals surface area contributed by atoms with Crippen LogP contribution in [0.1, 0.15) is 11.1 Å². The highest BCUT2D eigenvalue weighted by Crippen LogP contribution is 2.47. The molecule has 0 saturated heterocycles. The summed E-state index contributed by atoms with van der Waals surface area (Å²) in [5.74, 6) is -7.52. The Balaban J connectivity index is 3.50. The smallest absolute Gasteiger partial charge is 0.458 e. The van der Waals surface area contributed by atoms with Crippen LogP contribution < -0.4 is 4.74 Å². The molecule has 0 aliphatic carbocycles. The minimum Gasteiger partial charge on any atom is -0.493 e. The Hall–Kier alpha value is -1.40. The number of halogens is 6. The number of hydrogen-bond acceptors (Lipinski definition) is 1. The molecule has 1 aromatic carbocycles. The molecule has 0 bridgehead atoms. The molecule has 7 heteroatoms. The fourth-order valence-corrected chi connectivity index (χ4v) is 1.32. The molecule has 0 radical (unpaired) electrons. The zero-order valence-corrected chi connectivity index (χ0v) is 8.83. The van der Waals surface area contributed by atoms with Crippen molar-refractivity contribution in [1.29, 1.82) is 0 Å². The quantitative estimate of drug-likeness (QED) is 0.733. The largest absolute Gasteiger partial charge is 0.493 e. The van der Waals surface area contributed by atoms with Crippen molar-refractivity contribution in [3.8, 4) is 5.75 Å². The summed E-state index contributed by atoms with van der Waals surface area (Å²) in [5, 5.41) is 0. The van der Waals surface area contributed by atoms with Gasteiger partial charge in [-0.05, 0) is 24.6 Å². The monoisotopic (exact) mass is 258 g/mol. The predicted octanol–water partition coefficient (Wildman–Crippen LogP) is 3.80. The maximum Gasteiger partial charge on any atom is 0.458 e. The molecule has 96 valence electrons. The molecular formula is C10H8F6O. The van der Waals surface area contributed by atoms with Gasteiger partial charge in [-0.1, -0.05) is 0 Å². The van der Waals surface area contributed by atoms with Crippen molar-refractivity contribution in [3.05, 3.63) is 29.1 Å². The third-order valence-corrected chi connectivity index (χ3v) is 2.09. The van der Waals surface area contributed by atoms with Gasteiger partial charge in [-0.15, -0.1) is 0 Å². The molecule has 0 spiro atoms. The molecule has 0 aliphatic rings. The van der Waals surface area contributed by atoms with Gasteiger partial charge >= 0.3 is 12.1 Å². The van der Waals surface area contributed by atoms with Gasteiger partial charge in [0.25, 0.3) is 0 Å². The lowest BCUT2D eigenvalue weighted by atomic mass is 10.0. The van der Waals surface area contributed by atoms with Crippen molar-refractivity contribution < 1.29 is 31.1 Å². The van der Waals surface area contributed by atoms with Crippen LogP contribution in [0.3, 0.4) is 0 Å². The van der Waals surface area contributed by atoms with E-state index in [9.17, 15) is 26.3 Å². The lowest BCUT2D eigenvalue weighted by Gasteiger charge is -2.22. The Kier molecular flexibility index (Phi) is 3.31. The fraction of sp³-hybridized carbons (Fsp3) is 0.400. The van der Waals surface area contributed by atoms with Gasteiger partial charge < -0.3 is 4.74 Å². The Labute approximate surface area is 93.0 Å². The van der Waals surface area contributed by atoms with Crippen molar-refractivity contribution in [1.82, 2.24) is 0 Å². The Morgan fingerprint density at radius 1 is 1.06 bits per heavy atom. The van der Waals surface area contributed by atoms with Crippen LogP contribution in [-0.4, -0.2) is 13.3 Å². The van der Waals surface area contributed by atoms with Crippen LogP contribution in [0.2, 0.25) is 0 Å². The van der Waals surface area contributed by atoms with E-state index in [1.54, 1.807) is 0 Å². The second-order valence-corrected chi connectivity index (χ2v) is 3.40. The summed E-state index contributed by atoms with van der Waals surface area (Å²) in [4.78, 5) is 0. The van der Waals surface area contributed by atoms with Crippen LogP contribution in [0.15, 0.2) is 12.1 Å². The van der Waals surface area contributed by atoms with E-state index in [1.165, 1.54) is 6.92 Å². The van der Waals surface area contributed by atoms with E-state index in [0.717, 1.165) is 13.2 Å². The molecule has 1 nitrogen and oxygen atoms in total. The van der Waals surface area contributed by atoms with E-state index in [-0.39, 0.29) is 5.56 Å². The van der Waals surface area contributed by atoms with Gasteiger partial charge in [0, 0.05) is 0 Å². The van der Waals surface area contributed by atoms with Crippen molar-refractivity contribution >= 4 is 0 Å². The molecule has 1 aromatic rings. The van der Waals surface area contributed by atoms with Crippen molar-refractivity contribution in [2.24, 2.45) is 0 Å². The van der Waals surface area contributed by atoms with Crippen LogP contribution in [0.25, 0.3) is 0 Å².